The predicted octanol–water partition coefficient (Wildman–Crippen LogP) is 4.14. The fraction of sp³-hybridized carbons (Fsp3) is 0.444. The molecule has 8 heteroatoms. The summed E-state index contributed by atoms with van der Waals surface area (Å²) in [6, 6.07) is 13.1. The maximum atomic E-state index is 13.3. The van der Waals surface area contributed by atoms with Crippen LogP contribution in [0.3, 0.4) is 0 Å². The van der Waals surface area contributed by atoms with E-state index in [1.54, 1.807) is 23.3 Å². The molecule has 0 bridgehead atoms. The van der Waals surface area contributed by atoms with Crippen molar-refractivity contribution in [3.05, 3.63) is 66.2 Å². The average molecular weight is 475 g/mol. The van der Waals surface area contributed by atoms with Gasteiger partial charge in [-0.2, -0.15) is 0 Å². The SMILES string of the molecule is CC1(C)Oc2c(O)cccc2[C@H]2OCC3(CCN(C(=O)c4cccc(-n5cnnc5)c4)CC3)C[C@@H]21. The second-order valence-electron chi connectivity index (χ2n) is 10.7. The predicted molar refractivity (Wildman–Crippen MR) is 129 cm³/mol. The fourth-order valence-electron chi connectivity index (χ4n) is 6.00. The number of phenols is 1. The first kappa shape index (κ1) is 22.1. The smallest absolute Gasteiger partial charge is 0.253 e. The van der Waals surface area contributed by atoms with Crippen LogP contribution in [0.4, 0.5) is 0 Å². The Labute approximate surface area is 204 Å². The van der Waals surface area contributed by atoms with Gasteiger partial charge in [0.05, 0.1) is 12.7 Å². The van der Waals surface area contributed by atoms with Crippen molar-refractivity contribution in [1.29, 1.82) is 0 Å². The van der Waals surface area contributed by atoms with Crippen molar-refractivity contribution in [2.45, 2.75) is 44.8 Å². The molecule has 0 aliphatic carbocycles. The van der Waals surface area contributed by atoms with E-state index in [1.807, 2.05) is 41.3 Å². The molecule has 3 aromatic rings. The average Bonchev–Trinajstić information content (AvgIpc) is 3.40. The van der Waals surface area contributed by atoms with Gasteiger partial charge in [-0.05, 0) is 62.8 Å². The third-order valence-corrected chi connectivity index (χ3v) is 8.10. The normalized spacial score (nSPS) is 24.3. The van der Waals surface area contributed by atoms with E-state index in [0.29, 0.717) is 31.0 Å². The second kappa shape index (κ2) is 8.09. The zero-order chi connectivity index (χ0) is 24.2. The molecule has 182 valence electrons. The highest BCUT2D eigenvalue weighted by Crippen LogP contribution is 2.56. The van der Waals surface area contributed by atoms with Gasteiger partial charge in [0.1, 0.15) is 18.3 Å². The maximum Gasteiger partial charge on any atom is 0.253 e. The molecule has 8 nitrogen and oxygen atoms in total. The topological polar surface area (TPSA) is 89.7 Å². The summed E-state index contributed by atoms with van der Waals surface area (Å²) < 4.78 is 14.6. The minimum Gasteiger partial charge on any atom is -0.504 e. The molecule has 0 radical (unpaired) electrons. The Hall–Kier alpha value is -3.39. The van der Waals surface area contributed by atoms with Crippen LogP contribution in [0.2, 0.25) is 0 Å². The number of aromatic nitrogens is 3. The lowest BCUT2D eigenvalue weighted by atomic mass is 9.64. The zero-order valence-corrected chi connectivity index (χ0v) is 20.1. The molecule has 4 heterocycles. The summed E-state index contributed by atoms with van der Waals surface area (Å²) >= 11 is 0. The number of fused-ring (bicyclic) bond motifs is 3. The third-order valence-electron chi connectivity index (χ3n) is 8.10. The van der Waals surface area contributed by atoms with Gasteiger partial charge in [-0.3, -0.25) is 9.36 Å². The lowest BCUT2D eigenvalue weighted by Gasteiger charge is -2.54. The molecular weight excluding hydrogens is 444 g/mol. The number of carbonyl (C=O) groups is 1. The Kier molecular flexibility index (Phi) is 5.11. The van der Waals surface area contributed by atoms with Crippen molar-refractivity contribution < 1.29 is 19.4 Å². The van der Waals surface area contributed by atoms with Crippen molar-refractivity contribution in [2.24, 2.45) is 11.3 Å². The summed E-state index contributed by atoms with van der Waals surface area (Å²) in [6.45, 7) is 6.24. The number of para-hydroxylation sites is 1. The van der Waals surface area contributed by atoms with Gasteiger partial charge in [0.25, 0.3) is 5.91 Å². The van der Waals surface area contributed by atoms with Gasteiger partial charge in [-0.25, -0.2) is 0 Å². The molecule has 3 aliphatic heterocycles. The van der Waals surface area contributed by atoms with Crippen molar-refractivity contribution in [2.75, 3.05) is 19.7 Å². The highest BCUT2D eigenvalue weighted by atomic mass is 16.5. The Morgan fingerprint density at radius 1 is 1.09 bits per heavy atom. The summed E-state index contributed by atoms with van der Waals surface area (Å²) in [6.07, 6.45) is 5.94. The molecule has 1 spiro atoms. The molecule has 2 aromatic carbocycles. The van der Waals surface area contributed by atoms with E-state index >= 15 is 0 Å². The van der Waals surface area contributed by atoms with Gasteiger partial charge >= 0.3 is 0 Å². The first-order chi connectivity index (χ1) is 16.9. The highest BCUT2D eigenvalue weighted by molar-refractivity contribution is 5.94. The third kappa shape index (κ3) is 3.76. The summed E-state index contributed by atoms with van der Waals surface area (Å²) in [4.78, 5) is 15.3. The molecule has 6 rings (SSSR count). The quantitative estimate of drug-likeness (QED) is 0.600. The van der Waals surface area contributed by atoms with Crippen molar-refractivity contribution in [3.63, 3.8) is 0 Å². The van der Waals surface area contributed by atoms with Crippen LogP contribution in [-0.4, -0.2) is 56.0 Å². The number of likely N-dealkylation sites (tertiary alicyclic amines) is 1. The molecule has 3 aliphatic rings. The molecular formula is C27H30N4O4. The zero-order valence-electron chi connectivity index (χ0n) is 20.1. The fourth-order valence-corrected chi connectivity index (χ4v) is 6.00. The molecule has 1 aromatic heterocycles. The lowest BCUT2D eigenvalue weighted by Crippen LogP contribution is -2.54. The van der Waals surface area contributed by atoms with Crippen molar-refractivity contribution in [1.82, 2.24) is 19.7 Å². The van der Waals surface area contributed by atoms with Gasteiger partial charge in [0, 0.05) is 35.8 Å². The Morgan fingerprint density at radius 3 is 2.60 bits per heavy atom. The van der Waals surface area contributed by atoms with Crippen molar-refractivity contribution >= 4 is 5.91 Å². The van der Waals surface area contributed by atoms with Crippen LogP contribution < -0.4 is 4.74 Å². The molecule has 1 amide bonds. The van der Waals surface area contributed by atoms with Gasteiger partial charge in [-0.15, -0.1) is 10.2 Å². The van der Waals surface area contributed by atoms with Crippen LogP contribution >= 0.6 is 0 Å². The van der Waals surface area contributed by atoms with Gasteiger partial charge in [-0.1, -0.05) is 18.2 Å². The van der Waals surface area contributed by atoms with E-state index in [-0.39, 0.29) is 29.1 Å². The molecule has 35 heavy (non-hydrogen) atoms. The molecule has 1 N–H and O–H groups in total. The van der Waals surface area contributed by atoms with E-state index in [1.165, 1.54) is 0 Å². The van der Waals surface area contributed by atoms with Crippen LogP contribution in [0.15, 0.2) is 55.1 Å². The largest absolute Gasteiger partial charge is 0.504 e. The Bertz CT molecular complexity index is 1250. The number of ether oxygens (including phenoxy) is 2. The number of phenolic OH excluding ortho intramolecular Hbond substituents is 1. The van der Waals surface area contributed by atoms with Crippen LogP contribution in [0, 0.1) is 11.3 Å². The number of rotatable bonds is 2. The number of amides is 1. The number of hydrogen-bond acceptors (Lipinski definition) is 6. The van der Waals surface area contributed by atoms with E-state index in [9.17, 15) is 9.90 Å². The number of aromatic hydroxyl groups is 1. The van der Waals surface area contributed by atoms with E-state index < -0.39 is 5.60 Å². The lowest BCUT2D eigenvalue weighted by molar-refractivity contribution is -0.173. The monoisotopic (exact) mass is 474 g/mol. The van der Waals surface area contributed by atoms with E-state index in [0.717, 1.165) is 30.5 Å². The van der Waals surface area contributed by atoms with E-state index in [4.69, 9.17) is 9.47 Å². The number of hydrogen-bond donors (Lipinski definition) is 1. The molecule has 0 unspecified atom stereocenters. The van der Waals surface area contributed by atoms with E-state index in [2.05, 4.69) is 24.0 Å². The minimum atomic E-state index is -0.459. The summed E-state index contributed by atoms with van der Waals surface area (Å²) in [5, 5.41) is 18.0. The Morgan fingerprint density at radius 2 is 1.83 bits per heavy atom. The van der Waals surface area contributed by atoms with Crippen LogP contribution in [0.5, 0.6) is 11.5 Å². The maximum absolute atomic E-state index is 13.3. The first-order valence-corrected chi connectivity index (χ1v) is 12.2. The van der Waals surface area contributed by atoms with Gasteiger partial charge in [0.15, 0.2) is 11.5 Å². The number of carbonyl (C=O) groups excluding carboxylic acids is 1. The number of nitrogens with zero attached hydrogens (tertiary/aromatic N) is 4. The highest BCUT2D eigenvalue weighted by Gasteiger charge is 2.53. The van der Waals surface area contributed by atoms with Gasteiger partial charge < -0.3 is 19.5 Å². The molecule has 2 atom stereocenters. The molecule has 2 fully saturated rings. The van der Waals surface area contributed by atoms with Crippen molar-refractivity contribution in [3.8, 4) is 17.2 Å². The summed E-state index contributed by atoms with van der Waals surface area (Å²) in [7, 11) is 0. The van der Waals surface area contributed by atoms with Crippen LogP contribution in [0.1, 0.15) is 55.1 Å². The molecule has 2 saturated heterocycles. The van der Waals surface area contributed by atoms with Crippen LogP contribution in [-0.2, 0) is 4.74 Å². The number of piperidine rings is 1. The minimum absolute atomic E-state index is 0.0250. The second-order valence-corrected chi connectivity index (χ2v) is 10.7. The summed E-state index contributed by atoms with van der Waals surface area (Å²) in [5.41, 5.74) is 2.04. The Balaban J connectivity index is 1.17. The summed E-state index contributed by atoms with van der Waals surface area (Å²) in [5.74, 6) is 0.935. The first-order valence-electron chi connectivity index (χ1n) is 12.2. The van der Waals surface area contributed by atoms with Gasteiger partial charge in [0.2, 0.25) is 0 Å². The van der Waals surface area contributed by atoms with Crippen LogP contribution in [0.25, 0.3) is 5.69 Å². The molecule has 0 saturated carbocycles. The number of benzene rings is 2. The standard InChI is InChI=1S/C27H30N4O4/c1-26(2)21-14-27(15-34-23(21)20-7-4-8-22(32)24(20)35-26)9-11-30(12-10-27)25(33)18-5-3-6-19(13-18)31-16-28-29-17-31/h3-8,13,16-17,21,23,32H,9-12,14-15H2,1-2H3/t21-,23+/m0/s1.